The van der Waals surface area contributed by atoms with Gasteiger partial charge in [-0.2, -0.15) is 0 Å². The lowest BCUT2D eigenvalue weighted by atomic mass is 10.4. The SMILES string of the molecule is CCCSc1nnc(SC(C)C(=O)N2CCNC2=O)s1. The Labute approximate surface area is 130 Å². The van der Waals surface area contributed by atoms with E-state index in [0.29, 0.717) is 13.1 Å². The maximum absolute atomic E-state index is 12.1. The van der Waals surface area contributed by atoms with Crippen molar-refractivity contribution in [1.82, 2.24) is 20.4 Å². The predicted molar refractivity (Wildman–Crippen MR) is 81.4 cm³/mol. The fourth-order valence-electron chi connectivity index (χ4n) is 1.60. The van der Waals surface area contributed by atoms with E-state index in [1.807, 2.05) is 0 Å². The molecule has 1 unspecified atom stereocenters. The first-order valence-electron chi connectivity index (χ1n) is 6.34. The monoisotopic (exact) mass is 332 g/mol. The Bertz CT molecular complexity index is 494. The first-order valence-corrected chi connectivity index (χ1v) is 9.02. The van der Waals surface area contributed by atoms with Crippen LogP contribution in [0.2, 0.25) is 0 Å². The molecule has 1 atom stereocenters. The second kappa shape index (κ2) is 7.28. The Morgan fingerprint density at radius 1 is 1.50 bits per heavy atom. The summed E-state index contributed by atoms with van der Waals surface area (Å²) in [7, 11) is 0. The van der Waals surface area contributed by atoms with Gasteiger partial charge >= 0.3 is 6.03 Å². The number of nitrogens with one attached hydrogen (secondary N) is 1. The minimum atomic E-state index is -0.337. The highest BCUT2D eigenvalue weighted by molar-refractivity contribution is 8.03. The van der Waals surface area contributed by atoms with E-state index in [1.165, 1.54) is 28.0 Å². The van der Waals surface area contributed by atoms with Gasteiger partial charge in [0.05, 0.1) is 5.25 Å². The van der Waals surface area contributed by atoms with Crippen molar-refractivity contribution in [3.8, 4) is 0 Å². The fourth-order valence-corrected chi connectivity index (χ4v) is 4.75. The van der Waals surface area contributed by atoms with Gasteiger partial charge in [-0.3, -0.25) is 9.69 Å². The molecular formula is C11H16N4O2S3. The molecule has 1 N–H and O–H groups in total. The lowest BCUT2D eigenvalue weighted by Gasteiger charge is -2.16. The number of amides is 3. The van der Waals surface area contributed by atoms with Gasteiger partial charge in [0.2, 0.25) is 5.91 Å². The molecule has 0 aliphatic carbocycles. The molecule has 6 nitrogen and oxygen atoms in total. The number of hydrogen-bond acceptors (Lipinski definition) is 7. The quantitative estimate of drug-likeness (QED) is 0.804. The van der Waals surface area contributed by atoms with Crippen molar-refractivity contribution < 1.29 is 9.59 Å². The van der Waals surface area contributed by atoms with Crippen LogP contribution in [-0.2, 0) is 4.79 Å². The van der Waals surface area contributed by atoms with Crippen molar-refractivity contribution in [2.24, 2.45) is 0 Å². The minimum Gasteiger partial charge on any atom is -0.336 e. The number of thioether (sulfide) groups is 2. The molecule has 1 fully saturated rings. The van der Waals surface area contributed by atoms with Gasteiger partial charge in [-0.25, -0.2) is 4.79 Å². The lowest BCUT2D eigenvalue weighted by molar-refractivity contribution is -0.126. The number of carbonyl (C=O) groups excluding carboxylic acids is 2. The average molecular weight is 332 g/mol. The van der Waals surface area contributed by atoms with Gasteiger partial charge in [0.25, 0.3) is 0 Å². The van der Waals surface area contributed by atoms with Crippen LogP contribution in [0.3, 0.4) is 0 Å². The van der Waals surface area contributed by atoms with Gasteiger partial charge in [-0.15, -0.1) is 10.2 Å². The number of urea groups is 1. The van der Waals surface area contributed by atoms with Crippen LogP contribution in [0.5, 0.6) is 0 Å². The predicted octanol–water partition coefficient (Wildman–Crippen LogP) is 2.07. The summed E-state index contributed by atoms with van der Waals surface area (Å²) >= 11 is 4.52. The smallest absolute Gasteiger partial charge is 0.324 e. The molecule has 1 aliphatic heterocycles. The molecular weight excluding hydrogens is 316 g/mol. The number of rotatable bonds is 6. The zero-order chi connectivity index (χ0) is 14.5. The summed E-state index contributed by atoms with van der Waals surface area (Å²) in [5, 5.41) is 10.4. The van der Waals surface area contributed by atoms with Crippen molar-refractivity contribution in [3.63, 3.8) is 0 Å². The van der Waals surface area contributed by atoms with Crippen molar-refractivity contribution in [2.75, 3.05) is 18.8 Å². The Balaban J connectivity index is 1.90. The molecule has 1 aliphatic rings. The van der Waals surface area contributed by atoms with Crippen LogP contribution in [0.1, 0.15) is 20.3 Å². The highest BCUT2D eigenvalue weighted by Crippen LogP contribution is 2.32. The number of imide groups is 1. The van der Waals surface area contributed by atoms with Gasteiger partial charge < -0.3 is 5.32 Å². The van der Waals surface area contributed by atoms with Crippen LogP contribution >= 0.6 is 34.9 Å². The summed E-state index contributed by atoms with van der Waals surface area (Å²) in [6, 6.07) is -0.307. The molecule has 0 bridgehead atoms. The number of hydrogen-bond donors (Lipinski definition) is 1. The highest BCUT2D eigenvalue weighted by Gasteiger charge is 2.30. The Kier molecular flexibility index (Phi) is 5.67. The average Bonchev–Trinajstić information content (AvgIpc) is 3.04. The van der Waals surface area contributed by atoms with Crippen LogP contribution in [0.25, 0.3) is 0 Å². The molecule has 2 heterocycles. The maximum atomic E-state index is 12.1. The Hall–Kier alpha value is -0.800. The molecule has 0 saturated carbocycles. The summed E-state index contributed by atoms with van der Waals surface area (Å²) in [6.45, 7) is 4.87. The number of aromatic nitrogens is 2. The van der Waals surface area contributed by atoms with Crippen molar-refractivity contribution >= 4 is 46.8 Å². The largest absolute Gasteiger partial charge is 0.336 e. The summed E-state index contributed by atoms with van der Waals surface area (Å²) in [5.41, 5.74) is 0. The molecule has 20 heavy (non-hydrogen) atoms. The third-order valence-electron chi connectivity index (χ3n) is 2.57. The van der Waals surface area contributed by atoms with Gasteiger partial charge in [-0.05, 0) is 13.3 Å². The first-order chi connectivity index (χ1) is 9.61. The lowest BCUT2D eigenvalue weighted by Crippen LogP contribution is -2.38. The highest BCUT2D eigenvalue weighted by atomic mass is 32.2. The molecule has 110 valence electrons. The molecule has 0 spiro atoms. The van der Waals surface area contributed by atoms with Crippen molar-refractivity contribution in [1.29, 1.82) is 0 Å². The molecule has 1 aromatic rings. The summed E-state index contributed by atoms with van der Waals surface area (Å²) < 4.78 is 1.69. The zero-order valence-electron chi connectivity index (χ0n) is 11.3. The van der Waals surface area contributed by atoms with Gasteiger partial charge in [0, 0.05) is 18.8 Å². The van der Waals surface area contributed by atoms with E-state index in [4.69, 9.17) is 0 Å². The fraction of sp³-hybridized carbons (Fsp3) is 0.636. The molecule has 0 radical (unpaired) electrons. The standard InChI is InChI=1S/C11H16N4O2S3/c1-3-6-18-10-13-14-11(20-10)19-7(2)8(16)15-5-4-12-9(15)17/h7H,3-6H2,1-2H3,(H,12,17). The van der Waals surface area contributed by atoms with Crippen LogP contribution in [0.4, 0.5) is 4.79 Å². The first kappa shape index (κ1) is 15.6. The molecule has 9 heteroatoms. The van der Waals surface area contributed by atoms with Crippen LogP contribution in [-0.4, -0.2) is 51.1 Å². The zero-order valence-corrected chi connectivity index (χ0v) is 13.7. The van der Waals surface area contributed by atoms with E-state index in [9.17, 15) is 9.59 Å². The van der Waals surface area contributed by atoms with E-state index in [0.717, 1.165) is 20.9 Å². The van der Waals surface area contributed by atoms with Crippen molar-refractivity contribution in [3.05, 3.63) is 0 Å². The van der Waals surface area contributed by atoms with E-state index in [-0.39, 0.29) is 17.2 Å². The summed E-state index contributed by atoms with van der Waals surface area (Å²) in [4.78, 5) is 24.8. The number of carbonyl (C=O) groups is 2. The third-order valence-corrected chi connectivity index (χ3v) is 6.00. The van der Waals surface area contributed by atoms with Gasteiger partial charge in [0.1, 0.15) is 0 Å². The van der Waals surface area contributed by atoms with E-state index in [2.05, 4.69) is 22.4 Å². The minimum absolute atomic E-state index is 0.178. The van der Waals surface area contributed by atoms with Crippen LogP contribution < -0.4 is 5.32 Å². The van der Waals surface area contributed by atoms with Crippen LogP contribution in [0.15, 0.2) is 8.68 Å². The second-order valence-corrected chi connectivity index (χ2v) is 8.07. The normalized spacial score (nSPS) is 16.3. The molecule has 1 aromatic heterocycles. The van der Waals surface area contributed by atoms with Gasteiger partial charge in [-0.1, -0.05) is 41.8 Å². The molecule has 3 amide bonds. The maximum Gasteiger partial charge on any atom is 0.324 e. The van der Waals surface area contributed by atoms with Crippen LogP contribution in [0, 0.1) is 0 Å². The number of nitrogens with zero attached hydrogens (tertiary/aromatic N) is 3. The summed E-state index contributed by atoms with van der Waals surface area (Å²) in [5.74, 6) is 0.838. The summed E-state index contributed by atoms with van der Waals surface area (Å²) in [6.07, 6.45) is 1.09. The third kappa shape index (κ3) is 3.86. The molecule has 1 saturated heterocycles. The van der Waals surface area contributed by atoms with Crippen molar-refractivity contribution in [2.45, 2.75) is 34.2 Å². The molecule has 2 rings (SSSR count). The van der Waals surface area contributed by atoms with E-state index < -0.39 is 0 Å². The second-order valence-electron chi connectivity index (χ2n) is 4.16. The van der Waals surface area contributed by atoms with E-state index >= 15 is 0 Å². The Morgan fingerprint density at radius 2 is 2.25 bits per heavy atom. The Morgan fingerprint density at radius 3 is 2.90 bits per heavy atom. The van der Waals surface area contributed by atoms with Gasteiger partial charge in [0.15, 0.2) is 8.68 Å². The molecule has 0 aromatic carbocycles. The van der Waals surface area contributed by atoms with E-state index in [1.54, 1.807) is 18.7 Å². The topological polar surface area (TPSA) is 75.2 Å².